The first-order valence-corrected chi connectivity index (χ1v) is 25.0. The fourth-order valence-corrected chi connectivity index (χ4v) is 7.04. The molecule has 9 heteroatoms. The molecule has 0 amide bonds. The second kappa shape index (κ2) is 43.4. The van der Waals surface area contributed by atoms with Crippen molar-refractivity contribution in [1.29, 1.82) is 0 Å². The Kier molecular flexibility index (Phi) is 41.8. The number of unbranched alkanes of at least 4 members (excludes halogenated alkanes) is 27. The normalized spacial score (nSPS) is 13.0. The van der Waals surface area contributed by atoms with Gasteiger partial charge in [0, 0.05) is 12.8 Å². The van der Waals surface area contributed by atoms with Gasteiger partial charge in [0.05, 0.1) is 34.4 Å². The number of aliphatic carboxylic acids is 1. The second-order valence-corrected chi connectivity index (χ2v) is 18.1. The number of nitrogens with zero attached hydrogens (tertiary/aromatic N) is 1. The summed E-state index contributed by atoms with van der Waals surface area (Å²) in [7, 11) is 5.96. The summed E-state index contributed by atoms with van der Waals surface area (Å²) in [6.45, 7) is 4.86. The Bertz CT molecular complexity index is 1040. The van der Waals surface area contributed by atoms with E-state index in [9.17, 15) is 19.5 Å². The molecule has 0 saturated carbocycles. The number of rotatable bonds is 46. The molecular weight excluding hydrogens is 755 g/mol. The maximum Gasteiger partial charge on any atom is 0.361 e. The van der Waals surface area contributed by atoms with Crippen molar-refractivity contribution in [2.24, 2.45) is 0 Å². The molecule has 0 aromatic rings. The molecule has 0 radical (unpaired) electrons. The van der Waals surface area contributed by atoms with Gasteiger partial charge in [0.1, 0.15) is 13.2 Å². The smallest absolute Gasteiger partial charge is 0.361 e. The number of carbonyl (C=O) groups excluding carboxylic acids is 2. The molecule has 0 aliphatic rings. The number of ether oxygens (including phenoxy) is 4. The molecule has 0 heterocycles. The molecule has 352 valence electrons. The number of carboxylic acids is 1. The van der Waals surface area contributed by atoms with Gasteiger partial charge in [-0.2, -0.15) is 0 Å². The van der Waals surface area contributed by atoms with Crippen LogP contribution in [0.25, 0.3) is 0 Å². The van der Waals surface area contributed by atoms with E-state index < -0.39 is 24.3 Å². The molecule has 0 aliphatic carbocycles. The van der Waals surface area contributed by atoms with Crippen molar-refractivity contribution in [2.45, 2.75) is 238 Å². The first-order chi connectivity index (χ1) is 29.1. The van der Waals surface area contributed by atoms with Crippen LogP contribution < -0.4 is 0 Å². The van der Waals surface area contributed by atoms with Crippen molar-refractivity contribution < 1.29 is 42.9 Å². The highest BCUT2D eigenvalue weighted by molar-refractivity contribution is 5.71. The average Bonchev–Trinajstić information content (AvgIpc) is 3.21. The second-order valence-electron chi connectivity index (χ2n) is 18.1. The maximum atomic E-state index is 12.8. The number of allylic oxidation sites excluding steroid dienone is 4. The van der Waals surface area contributed by atoms with Gasteiger partial charge >= 0.3 is 17.9 Å². The molecule has 0 aliphatic heterocycles. The zero-order chi connectivity index (χ0) is 44.2. The fraction of sp³-hybridized carbons (Fsp3) is 0.863. The van der Waals surface area contributed by atoms with E-state index in [1.54, 1.807) is 0 Å². The molecule has 9 nitrogen and oxygen atoms in total. The Hall–Kier alpha value is -2.23. The largest absolute Gasteiger partial charge is 0.477 e. The number of quaternary nitrogens is 1. The van der Waals surface area contributed by atoms with Crippen molar-refractivity contribution >= 4 is 17.9 Å². The van der Waals surface area contributed by atoms with Crippen molar-refractivity contribution in [1.82, 2.24) is 0 Å². The molecule has 1 N–H and O–H groups in total. The van der Waals surface area contributed by atoms with Crippen LogP contribution in [0.1, 0.15) is 226 Å². The van der Waals surface area contributed by atoms with Crippen molar-refractivity contribution in [3.8, 4) is 0 Å². The van der Waals surface area contributed by atoms with Crippen LogP contribution in [0.2, 0.25) is 0 Å². The lowest BCUT2D eigenvalue weighted by atomic mass is 10.0. The Balaban J connectivity index is 4.33. The van der Waals surface area contributed by atoms with Crippen LogP contribution in [-0.4, -0.2) is 87.4 Å². The van der Waals surface area contributed by atoms with Gasteiger partial charge in [0.25, 0.3) is 6.29 Å². The van der Waals surface area contributed by atoms with Crippen LogP contribution in [0, 0.1) is 0 Å². The quantitative estimate of drug-likeness (QED) is 0.0212. The number of carboxylic acid groups (broad SMARTS) is 1. The molecule has 0 aromatic carbocycles. The van der Waals surface area contributed by atoms with Crippen molar-refractivity contribution in [3.63, 3.8) is 0 Å². The number of likely N-dealkylation sites (N-methyl/N-ethyl adjacent to an activating group) is 1. The summed E-state index contributed by atoms with van der Waals surface area (Å²) in [4.78, 5) is 37.2. The summed E-state index contributed by atoms with van der Waals surface area (Å²) in [5.74, 6) is -2.01. The van der Waals surface area contributed by atoms with Gasteiger partial charge in [0.15, 0.2) is 6.10 Å². The van der Waals surface area contributed by atoms with Gasteiger partial charge < -0.3 is 28.5 Å². The third-order valence-electron chi connectivity index (χ3n) is 11.0. The van der Waals surface area contributed by atoms with Crippen molar-refractivity contribution in [3.05, 3.63) is 24.3 Å². The van der Waals surface area contributed by atoms with Crippen LogP contribution in [-0.2, 0) is 33.3 Å². The zero-order valence-corrected chi connectivity index (χ0v) is 39.9. The number of hydrogen-bond acceptors (Lipinski definition) is 7. The van der Waals surface area contributed by atoms with Gasteiger partial charge in [-0.25, -0.2) is 4.79 Å². The number of carbonyl (C=O) groups is 3. The van der Waals surface area contributed by atoms with Crippen LogP contribution in [0.3, 0.4) is 0 Å². The summed E-state index contributed by atoms with van der Waals surface area (Å²) in [6, 6.07) is 0. The molecular formula is C51H96NO8+. The van der Waals surface area contributed by atoms with E-state index in [0.29, 0.717) is 23.9 Å². The van der Waals surface area contributed by atoms with Crippen LogP contribution in [0.4, 0.5) is 0 Å². The van der Waals surface area contributed by atoms with E-state index in [4.69, 9.17) is 18.9 Å². The van der Waals surface area contributed by atoms with Gasteiger partial charge in [-0.15, -0.1) is 0 Å². The molecule has 0 bridgehead atoms. The molecule has 2 atom stereocenters. The minimum atomic E-state index is -1.51. The summed E-state index contributed by atoms with van der Waals surface area (Å²) in [6.07, 6.45) is 45.2. The molecule has 60 heavy (non-hydrogen) atoms. The predicted octanol–water partition coefficient (Wildman–Crippen LogP) is 13.6. The van der Waals surface area contributed by atoms with Crippen LogP contribution in [0.15, 0.2) is 24.3 Å². The first-order valence-electron chi connectivity index (χ1n) is 25.0. The standard InChI is InChI=1S/C51H95NO8/c1-6-8-10-12-14-16-18-20-22-23-24-25-26-28-29-31-33-35-37-39-41-48(53)58-45-47(46-59-51(50(55)56)57-44-43-52(3,4)5)60-49(54)42-40-38-36-34-32-30-27-21-19-17-15-13-11-9-7-2/h15,17,21,27,47,51H,6-14,16,18-20,22-26,28-46H2,1-5H3/p+1/b17-15-,27-21-. The van der Waals surface area contributed by atoms with Gasteiger partial charge in [0.2, 0.25) is 0 Å². The summed E-state index contributed by atoms with van der Waals surface area (Å²) in [5.41, 5.74) is 0. The van der Waals surface area contributed by atoms with Crippen molar-refractivity contribution in [2.75, 3.05) is 47.5 Å². The Morgan fingerprint density at radius 3 is 1.35 bits per heavy atom. The average molecular weight is 851 g/mol. The predicted molar refractivity (Wildman–Crippen MR) is 249 cm³/mol. The Morgan fingerprint density at radius 1 is 0.500 bits per heavy atom. The Labute approximate surface area is 369 Å². The van der Waals surface area contributed by atoms with E-state index >= 15 is 0 Å². The minimum Gasteiger partial charge on any atom is -0.477 e. The third-order valence-corrected chi connectivity index (χ3v) is 11.0. The number of hydrogen-bond donors (Lipinski definition) is 1. The lowest BCUT2D eigenvalue weighted by molar-refractivity contribution is -0.870. The summed E-state index contributed by atoms with van der Waals surface area (Å²) >= 11 is 0. The molecule has 0 spiro atoms. The van der Waals surface area contributed by atoms with E-state index in [1.165, 1.54) is 135 Å². The van der Waals surface area contributed by atoms with E-state index in [0.717, 1.165) is 57.8 Å². The van der Waals surface area contributed by atoms with Gasteiger partial charge in [-0.1, -0.05) is 192 Å². The van der Waals surface area contributed by atoms with E-state index in [1.807, 2.05) is 21.1 Å². The third kappa shape index (κ3) is 43.8. The van der Waals surface area contributed by atoms with E-state index in [-0.39, 0.29) is 32.2 Å². The fourth-order valence-electron chi connectivity index (χ4n) is 7.04. The summed E-state index contributed by atoms with van der Waals surface area (Å²) in [5, 5.41) is 9.65. The molecule has 2 unspecified atom stereocenters. The maximum absolute atomic E-state index is 12.8. The number of esters is 2. The highest BCUT2D eigenvalue weighted by Gasteiger charge is 2.25. The SMILES string of the molecule is CCCCC/C=C\C/C=C\CCCCCCCC(=O)OC(COC(=O)CCCCCCCCCCCCCCCCCCCCCC)COC(OCC[N+](C)(C)C)C(=O)O. The lowest BCUT2D eigenvalue weighted by Gasteiger charge is -2.25. The van der Waals surface area contributed by atoms with E-state index in [2.05, 4.69) is 38.2 Å². The lowest BCUT2D eigenvalue weighted by Crippen LogP contribution is -2.40. The van der Waals surface area contributed by atoms with Crippen LogP contribution in [0.5, 0.6) is 0 Å². The Morgan fingerprint density at radius 2 is 0.900 bits per heavy atom. The monoisotopic (exact) mass is 851 g/mol. The highest BCUT2D eigenvalue weighted by atomic mass is 16.7. The van der Waals surface area contributed by atoms with Gasteiger partial charge in [-0.05, 0) is 44.9 Å². The summed E-state index contributed by atoms with van der Waals surface area (Å²) < 4.78 is 22.8. The first kappa shape index (κ1) is 57.8. The molecule has 0 rings (SSSR count). The topological polar surface area (TPSA) is 108 Å². The minimum absolute atomic E-state index is 0.183. The highest BCUT2D eigenvalue weighted by Crippen LogP contribution is 2.16. The molecule has 0 fully saturated rings. The van der Waals surface area contributed by atoms with Crippen LogP contribution >= 0.6 is 0 Å². The van der Waals surface area contributed by atoms with Gasteiger partial charge in [-0.3, -0.25) is 9.59 Å². The zero-order valence-electron chi connectivity index (χ0n) is 39.9. The molecule has 0 saturated heterocycles. The molecule has 0 aromatic heterocycles.